The fourth-order valence-corrected chi connectivity index (χ4v) is 3.74. The fraction of sp³-hybridized carbons (Fsp3) is 0.0952. The first-order valence-corrected chi connectivity index (χ1v) is 9.12. The number of hydrogen-bond acceptors (Lipinski definition) is 7. The lowest BCUT2D eigenvalue weighted by molar-refractivity contribution is -0.384. The van der Waals surface area contributed by atoms with E-state index in [0.717, 1.165) is 12.1 Å². The van der Waals surface area contributed by atoms with E-state index in [1.807, 2.05) is 0 Å². The number of hydrogen-bond donors (Lipinski definition) is 0. The Kier molecular flexibility index (Phi) is 3.97. The molecule has 4 aromatic rings. The molecule has 9 nitrogen and oxygen atoms in total. The van der Waals surface area contributed by atoms with Crippen LogP contribution >= 0.6 is 0 Å². The Bertz CT molecular complexity index is 1440. The van der Waals surface area contributed by atoms with Crippen molar-refractivity contribution in [2.75, 3.05) is 4.90 Å². The fourth-order valence-electron chi connectivity index (χ4n) is 3.74. The summed E-state index contributed by atoms with van der Waals surface area (Å²) in [5, 5.41) is 14.9. The molecule has 154 valence electrons. The van der Waals surface area contributed by atoms with Crippen LogP contribution in [0.2, 0.25) is 0 Å². The van der Waals surface area contributed by atoms with Crippen LogP contribution in [0.1, 0.15) is 33.5 Å². The monoisotopic (exact) mass is 421 g/mol. The number of benzene rings is 2. The Hall–Kier alpha value is -4.34. The van der Waals surface area contributed by atoms with E-state index < -0.39 is 28.1 Å². The Morgan fingerprint density at radius 2 is 1.87 bits per heavy atom. The molecule has 0 unspecified atom stereocenters. The predicted molar refractivity (Wildman–Crippen MR) is 105 cm³/mol. The maximum atomic E-state index is 13.8. The molecule has 1 aliphatic rings. The number of carbonyl (C=O) groups is 1. The smallest absolute Gasteiger partial charge is 0.296 e. The molecule has 31 heavy (non-hydrogen) atoms. The largest absolute Gasteiger partial charge is 0.450 e. The van der Waals surface area contributed by atoms with Crippen molar-refractivity contribution in [3.63, 3.8) is 0 Å². The van der Waals surface area contributed by atoms with Gasteiger partial charge < -0.3 is 8.94 Å². The molecule has 0 radical (unpaired) electrons. The third kappa shape index (κ3) is 2.80. The van der Waals surface area contributed by atoms with Crippen LogP contribution in [0.5, 0.6) is 0 Å². The molecule has 0 N–H and O–H groups in total. The van der Waals surface area contributed by atoms with Gasteiger partial charge in [-0.1, -0.05) is 5.16 Å². The number of anilines is 1. The van der Waals surface area contributed by atoms with Gasteiger partial charge in [0.05, 0.1) is 21.9 Å². The summed E-state index contributed by atoms with van der Waals surface area (Å²) in [5.74, 6) is -0.873. The second kappa shape index (κ2) is 6.59. The lowest BCUT2D eigenvalue weighted by Crippen LogP contribution is -2.29. The third-order valence-corrected chi connectivity index (χ3v) is 5.11. The molecular weight excluding hydrogens is 409 g/mol. The van der Waals surface area contributed by atoms with Crippen LogP contribution in [0.4, 0.5) is 15.9 Å². The lowest BCUT2D eigenvalue weighted by Gasteiger charge is -2.22. The van der Waals surface area contributed by atoms with Gasteiger partial charge >= 0.3 is 0 Å². The first-order valence-electron chi connectivity index (χ1n) is 9.12. The molecule has 0 bridgehead atoms. The van der Waals surface area contributed by atoms with Crippen LogP contribution in [-0.4, -0.2) is 16.0 Å². The van der Waals surface area contributed by atoms with Gasteiger partial charge in [0.2, 0.25) is 5.76 Å². The van der Waals surface area contributed by atoms with Gasteiger partial charge in [-0.3, -0.25) is 24.6 Å². The number of aromatic nitrogens is 1. The molecule has 10 heteroatoms. The zero-order valence-corrected chi connectivity index (χ0v) is 15.9. The van der Waals surface area contributed by atoms with Crippen molar-refractivity contribution < 1.29 is 23.0 Å². The Labute approximate surface area is 172 Å². The van der Waals surface area contributed by atoms with Gasteiger partial charge in [-0.25, -0.2) is 4.39 Å². The minimum absolute atomic E-state index is 0.00222. The van der Waals surface area contributed by atoms with Gasteiger partial charge in [0.25, 0.3) is 11.6 Å². The van der Waals surface area contributed by atoms with Gasteiger partial charge in [-0.2, -0.15) is 0 Å². The second-order valence-electron chi connectivity index (χ2n) is 7.04. The van der Waals surface area contributed by atoms with Crippen molar-refractivity contribution in [3.8, 4) is 0 Å². The summed E-state index contributed by atoms with van der Waals surface area (Å²) in [6, 6.07) is 9.41. The molecule has 0 saturated heterocycles. The van der Waals surface area contributed by atoms with Crippen molar-refractivity contribution in [3.05, 3.63) is 97.3 Å². The first-order chi connectivity index (χ1) is 14.8. The molecule has 1 aliphatic heterocycles. The highest BCUT2D eigenvalue weighted by Gasteiger charge is 2.45. The molecule has 2 aromatic heterocycles. The standard InChI is InChI=1S/C21H12FN3O6/c1-10-8-16(23-31-10)24-18(11-2-5-13(6-3-11)25(28)29)17-19(26)14-9-12(22)4-7-15(14)30-20(17)21(24)27/h2-9,18H,1H3/t18-/m1/s1. The van der Waals surface area contributed by atoms with Gasteiger partial charge in [0.15, 0.2) is 11.2 Å². The summed E-state index contributed by atoms with van der Waals surface area (Å²) in [6.45, 7) is 1.64. The number of fused-ring (bicyclic) bond motifs is 2. The highest BCUT2D eigenvalue weighted by Crippen LogP contribution is 2.41. The molecule has 0 aliphatic carbocycles. The molecule has 0 saturated carbocycles. The summed E-state index contributed by atoms with van der Waals surface area (Å²) >= 11 is 0. The van der Waals surface area contributed by atoms with Gasteiger partial charge in [-0.15, -0.1) is 0 Å². The van der Waals surface area contributed by atoms with E-state index in [1.54, 1.807) is 6.92 Å². The van der Waals surface area contributed by atoms with Crippen LogP contribution in [0.15, 0.2) is 62.3 Å². The van der Waals surface area contributed by atoms with E-state index in [0.29, 0.717) is 11.3 Å². The third-order valence-electron chi connectivity index (χ3n) is 5.11. The number of rotatable bonds is 3. The molecule has 2 aromatic carbocycles. The van der Waals surface area contributed by atoms with Crippen LogP contribution in [0, 0.1) is 22.9 Å². The zero-order valence-electron chi connectivity index (χ0n) is 15.9. The van der Waals surface area contributed by atoms with Crippen molar-refractivity contribution in [1.29, 1.82) is 0 Å². The second-order valence-corrected chi connectivity index (χ2v) is 7.04. The average Bonchev–Trinajstić information content (AvgIpc) is 3.30. The number of carbonyl (C=O) groups excluding carboxylic acids is 1. The summed E-state index contributed by atoms with van der Waals surface area (Å²) in [4.78, 5) is 38.3. The lowest BCUT2D eigenvalue weighted by atomic mass is 9.98. The highest BCUT2D eigenvalue weighted by molar-refractivity contribution is 6.10. The first kappa shape index (κ1) is 18.7. The van der Waals surface area contributed by atoms with E-state index in [2.05, 4.69) is 5.16 Å². The van der Waals surface area contributed by atoms with Crippen LogP contribution in [0.3, 0.4) is 0 Å². The van der Waals surface area contributed by atoms with Crippen molar-refractivity contribution in [2.24, 2.45) is 0 Å². The summed E-state index contributed by atoms with van der Waals surface area (Å²) < 4.78 is 24.6. The number of amides is 1. The number of halogens is 1. The number of non-ortho nitro benzene ring substituents is 1. The SMILES string of the molecule is Cc1cc(N2C(=O)c3oc4ccc(F)cc4c(=O)c3[C@H]2c2ccc([N+](=O)[O-])cc2)no1. The van der Waals surface area contributed by atoms with E-state index in [9.17, 15) is 24.1 Å². The van der Waals surface area contributed by atoms with Gasteiger partial charge in [0.1, 0.15) is 17.2 Å². The maximum Gasteiger partial charge on any atom is 0.296 e. The quantitative estimate of drug-likeness (QED) is 0.364. The molecule has 0 fully saturated rings. The minimum Gasteiger partial charge on any atom is -0.450 e. The van der Waals surface area contributed by atoms with E-state index >= 15 is 0 Å². The average molecular weight is 421 g/mol. The topological polar surface area (TPSA) is 120 Å². The number of nitro benzene ring substituents is 1. The Morgan fingerprint density at radius 1 is 1.13 bits per heavy atom. The van der Waals surface area contributed by atoms with Crippen LogP contribution < -0.4 is 10.3 Å². The van der Waals surface area contributed by atoms with Gasteiger partial charge in [-0.05, 0) is 42.8 Å². The molecular formula is C21H12FN3O6. The van der Waals surface area contributed by atoms with Crippen molar-refractivity contribution in [2.45, 2.75) is 13.0 Å². The van der Waals surface area contributed by atoms with Crippen molar-refractivity contribution in [1.82, 2.24) is 5.16 Å². The Morgan fingerprint density at radius 3 is 2.52 bits per heavy atom. The summed E-state index contributed by atoms with van der Waals surface area (Å²) in [5.41, 5.74) is -0.238. The van der Waals surface area contributed by atoms with Crippen molar-refractivity contribution >= 4 is 28.4 Å². The zero-order chi connectivity index (χ0) is 21.9. The van der Waals surface area contributed by atoms with Crippen LogP contribution in [-0.2, 0) is 0 Å². The molecule has 5 rings (SSSR count). The summed E-state index contributed by atoms with van der Waals surface area (Å²) in [6.07, 6.45) is 0. The molecule has 3 heterocycles. The molecule has 1 atom stereocenters. The molecule has 0 spiro atoms. The number of nitrogens with zero attached hydrogens (tertiary/aromatic N) is 3. The number of aryl methyl sites for hydroxylation is 1. The predicted octanol–water partition coefficient (Wildman–Crippen LogP) is 3.89. The minimum atomic E-state index is -0.989. The van der Waals surface area contributed by atoms with E-state index in [1.165, 1.54) is 41.3 Å². The highest BCUT2D eigenvalue weighted by atomic mass is 19.1. The molecule has 1 amide bonds. The van der Waals surface area contributed by atoms with E-state index in [4.69, 9.17) is 8.94 Å². The number of nitro groups is 1. The van der Waals surface area contributed by atoms with E-state index in [-0.39, 0.29) is 33.8 Å². The Balaban J connectivity index is 1.79. The summed E-state index contributed by atoms with van der Waals surface area (Å²) in [7, 11) is 0. The normalized spacial score (nSPS) is 15.5. The van der Waals surface area contributed by atoms with Crippen LogP contribution in [0.25, 0.3) is 11.0 Å². The maximum absolute atomic E-state index is 13.8. The van der Waals surface area contributed by atoms with Gasteiger partial charge in [0, 0.05) is 18.2 Å².